The predicted molar refractivity (Wildman–Crippen MR) is 168 cm³/mol. The van der Waals surface area contributed by atoms with Crippen molar-refractivity contribution in [2.24, 2.45) is 4.99 Å². The Morgan fingerprint density at radius 1 is 1.04 bits per heavy atom. The van der Waals surface area contributed by atoms with Crippen LogP contribution in [0.1, 0.15) is 6.92 Å². The van der Waals surface area contributed by atoms with Gasteiger partial charge in [0.25, 0.3) is 21.3 Å². The summed E-state index contributed by atoms with van der Waals surface area (Å²) in [6.45, 7) is 5.36. The van der Waals surface area contributed by atoms with Crippen molar-refractivity contribution >= 4 is 82.8 Å². The molecule has 17 nitrogen and oxygen atoms in total. The molecule has 0 spiro atoms. The van der Waals surface area contributed by atoms with E-state index in [0.717, 1.165) is 6.07 Å². The summed E-state index contributed by atoms with van der Waals surface area (Å²) in [7, 11) is -8.30. The lowest BCUT2D eigenvalue weighted by atomic mass is 10.1. The van der Waals surface area contributed by atoms with E-state index < -0.39 is 58.2 Å². The molecule has 1 aliphatic carbocycles. The molecule has 8 N–H and O–H groups in total. The Morgan fingerprint density at radius 2 is 1.72 bits per heavy atom. The number of likely N-dealkylation sites (N-methyl/N-ethyl adjacent to an activating group) is 1. The van der Waals surface area contributed by atoms with Gasteiger partial charge in [-0.1, -0.05) is 23.2 Å². The highest BCUT2D eigenvalue weighted by Crippen LogP contribution is 2.55. The lowest BCUT2D eigenvalue weighted by Crippen LogP contribution is -2.29. The minimum atomic E-state index is -5.14. The van der Waals surface area contributed by atoms with E-state index in [9.17, 15) is 25.9 Å². The first-order chi connectivity index (χ1) is 21.3. The predicted octanol–water partition coefficient (Wildman–Crippen LogP) is 5.13. The zero-order valence-electron chi connectivity index (χ0n) is 23.3. The van der Waals surface area contributed by atoms with Crippen molar-refractivity contribution in [3.05, 3.63) is 52.1 Å². The summed E-state index contributed by atoms with van der Waals surface area (Å²) in [4.78, 5) is 6.44. The number of fused-ring (bicyclic) bond motifs is 4. The van der Waals surface area contributed by atoms with Crippen molar-refractivity contribution < 1.29 is 52.9 Å². The van der Waals surface area contributed by atoms with E-state index in [2.05, 4.69) is 36.7 Å². The molecule has 248 valence electrons. The second kappa shape index (κ2) is 12.0. The van der Waals surface area contributed by atoms with E-state index in [1.807, 2.05) is 6.92 Å². The molecule has 22 heteroatoms. The first kappa shape index (κ1) is 33.9. The number of aromatic nitrogens is 1. The topological polar surface area (TPSA) is 262 Å². The van der Waals surface area contributed by atoms with Gasteiger partial charge >= 0.3 is 10.1 Å². The van der Waals surface area contributed by atoms with Gasteiger partial charge in [-0.3, -0.25) is 22.8 Å². The van der Waals surface area contributed by atoms with Gasteiger partial charge in [-0.2, -0.15) is 16.8 Å². The van der Waals surface area contributed by atoms with Crippen LogP contribution in [-0.4, -0.2) is 64.2 Å². The van der Waals surface area contributed by atoms with Crippen LogP contribution in [0.2, 0.25) is 10.0 Å². The number of rotatable bonds is 9. The molecule has 0 aromatic heterocycles. The van der Waals surface area contributed by atoms with Crippen LogP contribution < -0.4 is 26.0 Å². The zero-order chi connectivity index (χ0) is 33.9. The standard InChI is InChI=1S/C24H23Cl2N5O12S3/c1-9(27-3)8-28-13-6-4-11-19(23(13)44(32,33)34)41-21-15(25)18-22(16(26)17(21)30-11)42-20-12(31-18)5-7-14(24(20)45(35,36)37)29-10(2)43-46(38,39)40/h4-7,9,27-28,30,38-40H,2,8H2,1,3H3,(H,32,33,34)(H,35,36,37)/b29-14-. The van der Waals surface area contributed by atoms with E-state index in [4.69, 9.17) is 46.0 Å². The summed E-state index contributed by atoms with van der Waals surface area (Å²) in [5.74, 6) is -1.93. The van der Waals surface area contributed by atoms with Crippen LogP contribution in [0.4, 0.5) is 17.1 Å². The SMILES string of the molecule is C=C(/N=c1/ccc2nc3c(Cl)c4c(c(Cl)c3oc-2c1S(=O)(=O)O)Nc1ccc(NCC(C)NC)c(S(=O)(=O)O)c1O4)OS(O)(O)O. The van der Waals surface area contributed by atoms with E-state index >= 15 is 0 Å². The van der Waals surface area contributed by atoms with Crippen molar-refractivity contribution in [1.29, 1.82) is 0 Å². The molecule has 0 saturated carbocycles. The van der Waals surface area contributed by atoms with Gasteiger partial charge < -0.3 is 29.3 Å². The van der Waals surface area contributed by atoms with Crippen LogP contribution >= 0.6 is 34.4 Å². The summed E-state index contributed by atoms with van der Waals surface area (Å²) in [5.41, 5.74) is -0.664. The third-order valence-electron chi connectivity index (χ3n) is 6.41. The first-order valence-corrected chi connectivity index (χ1v) is 17.6. The Bertz CT molecular complexity index is 2190. The van der Waals surface area contributed by atoms with Crippen LogP contribution in [0.3, 0.4) is 0 Å². The second-order valence-corrected chi connectivity index (χ2v) is 14.2. The van der Waals surface area contributed by atoms with Crippen LogP contribution in [0.5, 0.6) is 11.5 Å². The lowest BCUT2D eigenvalue weighted by Gasteiger charge is -2.27. The summed E-state index contributed by atoms with van der Waals surface area (Å²) in [6.07, 6.45) is 0. The highest BCUT2D eigenvalue weighted by molar-refractivity contribution is 8.15. The summed E-state index contributed by atoms with van der Waals surface area (Å²) >= 11 is 8.73. The third kappa shape index (κ3) is 6.55. The Kier molecular flexibility index (Phi) is 8.85. The molecule has 0 bridgehead atoms. The average molecular weight is 741 g/mol. The lowest BCUT2D eigenvalue weighted by molar-refractivity contribution is 0.246. The van der Waals surface area contributed by atoms with Crippen molar-refractivity contribution in [2.45, 2.75) is 22.8 Å². The molecule has 2 aliphatic heterocycles. The number of nitrogens with one attached hydrogen (secondary N) is 3. The van der Waals surface area contributed by atoms with Gasteiger partial charge in [-0.15, -0.1) is 0 Å². The molecule has 2 aromatic carbocycles. The van der Waals surface area contributed by atoms with E-state index in [1.165, 1.54) is 18.2 Å². The number of nitrogens with zero attached hydrogens (tertiary/aromatic N) is 2. The highest BCUT2D eigenvalue weighted by Gasteiger charge is 2.34. The maximum absolute atomic E-state index is 12.5. The maximum Gasteiger partial charge on any atom is 0.300 e. The molecule has 1 unspecified atom stereocenters. The van der Waals surface area contributed by atoms with E-state index in [0.29, 0.717) is 0 Å². The van der Waals surface area contributed by atoms with Crippen molar-refractivity contribution in [3.63, 3.8) is 0 Å². The fraction of sp³-hybridized carbons (Fsp3) is 0.167. The van der Waals surface area contributed by atoms with E-state index in [-0.39, 0.29) is 68.0 Å². The fourth-order valence-corrected chi connectivity index (χ4v) is 6.74. The van der Waals surface area contributed by atoms with Gasteiger partial charge in [-0.05, 0) is 44.8 Å². The van der Waals surface area contributed by atoms with Gasteiger partial charge in [0, 0.05) is 12.6 Å². The molecule has 3 aliphatic rings. The van der Waals surface area contributed by atoms with Crippen molar-refractivity contribution in [1.82, 2.24) is 10.3 Å². The Balaban J connectivity index is 1.72. The zero-order valence-corrected chi connectivity index (χ0v) is 27.2. The summed E-state index contributed by atoms with van der Waals surface area (Å²) in [6, 6.07) is 4.98. The number of halogens is 2. The average Bonchev–Trinajstić information content (AvgIpc) is 2.94. The Morgan fingerprint density at radius 3 is 2.33 bits per heavy atom. The number of hydrogen-bond acceptors (Lipinski definition) is 15. The van der Waals surface area contributed by atoms with Crippen LogP contribution in [-0.2, 0) is 24.4 Å². The third-order valence-corrected chi connectivity index (χ3v) is 9.37. The molecule has 0 radical (unpaired) electrons. The molecule has 0 fully saturated rings. The Hall–Kier alpha value is -3.41. The van der Waals surface area contributed by atoms with Crippen LogP contribution in [0.15, 0.2) is 55.9 Å². The summed E-state index contributed by atoms with van der Waals surface area (Å²) < 4.78 is 113. The molecular weight excluding hydrogens is 717 g/mol. The van der Waals surface area contributed by atoms with E-state index in [1.54, 1.807) is 7.05 Å². The number of anilines is 3. The molecule has 0 saturated heterocycles. The second-order valence-electron chi connectivity index (χ2n) is 9.61. The maximum atomic E-state index is 12.5. The normalized spacial score (nSPS) is 14.7. The molecule has 2 aromatic rings. The highest BCUT2D eigenvalue weighted by atomic mass is 35.5. The largest absolute Gasteiger partial charge is 0.450 e. The van der Waals surface area contributed by atoms with Crippen molar-refractivity contribution in [2.75, 3.05) is 24.2 Å². The molecule has 46 heavy (non-hydrogen) atoms. The Labute approximate surface area is 272 Å². The van der Waals surface area contributed by atoms with Gasteiger partial charge in [0.1, 0.15) is 26.9 Å². The molecule has 0 amide bonds. The monoisotopic (exact) mass is 739 g/mol. The number of ether oxygens (including phenoxy) is 1. The van der Waals surface area contributed by atoms with Gasteiger partial charge in [0.2, 0.25) is 5.88 Å². The fourth-order valence-electron chi connectivity index (χ4n) is 4.36. The quantitative estimate of drug-likeness (QED) is 0.0553. The first-order valence-electron chi connectivity index (χ1n) is 12.5. The molecular formula is C24H23Cl2N5O12S3. The minimum absolute atomic E-state index is 0.0341. The van der Waals surface area contributed by atoms with Crippen LogP contribution in [0, 0.1) is 0 Å². The number of hydrogen-bond donors (Lipinski definition) is 8. The van der Waals surface area contributed by atoms with Crippen molar-refractivity contribution in [3.8, 4) is 23.0 Å². The minimum Gasteiger partial charge on any atom is -0.450 e. The van der Waals surface area contributed by atoms with Crippen LogP contribution in [0.25, 0.3) is 22.6 Å². The molecule has 1 atom stereocenters. The number of benzene rings is 3. The van der Waals surface area contributed by atoms with Gasteiger partial charge in [0.05, 0.1) is 16.7 Å². The smallest absolute Gasteiger partial charge is 0.300 e. The van der Waals surface area contributed by atoms with Gasteiger partial charge in [-0.25, -0.2) is 9.98 Å². The molecule has 5 rings (SSSR count). The summed E-state index contributed by atoms with van der Waals surface area (Å²) in [5, 5.41) is 7.72. The van der Waals surface area contributed by atoms with Gasteiger partial charge in [0.15, 0.2) is 32.6 Å². The molecule has 2 heterocycles.